The van der Waals surface area contributed by atoms with Crippen LogP contribution in [-0.2, 0) is 11.3 Å². The van der Waals surface area contributed by atoms with E-state index in [1.165, 1.54) is 0 Å². The van der Waals surface area contributed by atoms with Gasteiger partial charge in [0.15, 0.2) is 0 Å². The summed E-state index contributed by atoms with van der Waals surface area (Å²) in [5, 5.41) is 0. The lowest BCUT2D eigenvalue weighted by Gasteiger charge is -2.27. The van der Waals surface area contributed by atoms with Crippen LogP contribution in [-0.4, -0.2) is 40.8 Å². The summed E-state index contributed by atoms with van der Waals surface area (Å²) in [6.07, 6.45) is 0. The minimum atomic E-state index is -1.90. The van der Waals surface area contributed by atoms with Crippen LogP contribution in [0.15, 0.2) is 0 Å². The second-order valence-corrected chi connectivity index (χ2v) is 4.76. The molecule has 2 N–H and O–H groups in total. The predicted molar refractivity (Wildman–Crippen MR) is 51.1 cm³/mol. The molecular formula is C7H18N2O2S. The Bertz CT molecular complexity index is 159. The molecule has 0 radical (unpaired) electrons. The van der Waals surface area contributed by atoms with Gasteiger partial charge in [-0.05, 0) is 19.5 Å². The van der Waals surface area contributed by atoms with Crippen LogP contribution in [0.2, 0.25) is 0 Å². The van der Waals surface area contributed by atoms with Gasteiger partial charge in [0.05, 0.1) is 0 Å². The van der Waals surface area contributed by atoms with Crippen molar-refractivity contribution in [3.05, 3.63) is 0 Å². The van der Waals surface area contributed by atoms with Gasteiger partial charge in [0.1, 0.15) is 0 Å². The molecule has 0 rings (SSSR count). The average molecular weight is 194 g/mol. The largest absolute Gasteiger partial charge is 0.309 e. The standard InChI is InChI=1S/C7H18N2O2S/c1-7(2,6-9(3)4)5-8-12(10)11/h8H,5-6H2,1-4H3,(H,10,11). The van der Waals surface area contributed by atoms with Gasteiger partial charge in [-0.3, -0.25) is 4.55 Å². The third-order valence-corrected chi connectivity index (χ3v) is 1.81. The zero-order valence-electron chi connectivity index (χ0n) is 8.13. The van der Waals surface area contributed by atoms with Gasteiger partial charge < -0.3 is 4.90 Å². The molecule has 0 aliphatic carbocycles. The first-order chi connectivity index (χ1) is 5.33. The Morgan fingerprint density at radius 1 is 1.50 bits per heavy atom. The van der Waals surface area contributed by atoms with Gasteiger partial charge in [0.2, 0.25) is 11.3 Å². The van der Waals surface area contributed by atoms with Crippen molar-refractivity contribution in [1.29, 1.82) is 0 Å². The Kier molecular flexibility index (Phi) is 4.92. The van der Waals surface area contributed by atoms with E-state index in [2.05, 4.69) is 9.62 Å². The molecule has 0 saturated heterocycles. The summed E-state index contributed by atoms with van der Waals surface area (Å²) in [7, 11) is 3.97. The van der Waals surface area contributed by atoms with Crippen LogP contribution < -0.4 is 4.72 Å². The summed E-state index contributed by atoms with van der Waals surface area (Å²) >= 11 is -1.90. The molecular weight excluding hydrogens is 176 g/mol. The molecule has 12 heavy (non-hydrogen) atoms. The summed E-state index contributed by atoms with van der Waals surface area (Å²) < 4.78 is 21.3. The minimum absolute atomic E-state index is 0.0158. The molecule has 0 aromatic heterocycles. The van der Waals surface area contributed by atoms with Gasteiger partial charge in [-0.2, -0.15) is 0 Å². The fourth-order valence-corrected chi connectivity index (χ4v) is 1.68. The van der Waals surface area contributed by atoms with Gasteiger partial charge in [-0.15, -0.1) is 0 Å². The lowest BCUT2D eigenvalue weighted by Crippen LogP contribution is -2.38. The van der Waals surface area contributed by atoms with Crippen LogP contribution in [0.4, 0.5) is 0 Å². The van der Waals surface area contributed by atoms with E-state index in [1.54, 1.807) is 0 Å². The summed E-state index contributed by atoms with van der Waals surface area (Å²) in [6, 6.07) is 0. The third kappa shape index (κ3) is 6.72. The molecule has 0 bridgehead atoms. The van der Waals surface area contributed by atoms with Crippen molar-refractivity contribution in [3.63, 3.8) is 0 Å². The van der Waals surface area contributed by atoms with Crippen molar-refractivity contribution in [1.82, 2.24) is 9.62 Å². The van der Waals surface area contributed by atoms with Crippen LogP contribution in [0.3, 0.4) is 0 Å². The van der Waals surface area contributed by atoms with Gasteiger partial charge >= 0.3 is 0 Å². The Hall–Kier alpha value is 0.0300. The van der Waals surface area contributed by atoms with Gasteiger partial charge in [0.25, 0.3) is 0 Å². The van der Waals surface area contributed by atoms with Crippen LogP contribution in [0, 0.1) is 5.41 Å². The highest BCUT2D eigenvalue weighted by Gasteiger charge is 2.18. The zero-order chi connectivity index (χ0) is 9.78. The van der Waals surface area contributed by atoms with E-state index in [4.69, 9.17) is 4.55 Å². The molecule has 0 aliphatic heterocycles. The van der Waals surface area contributed by atoms with Crippen molar-refractivity contribution in [2.24, 2.45) is 5.41 Å². The molecule has 0 aliphatic rings. The van der Waals surface area contributed by atoms with E-state index in [9.17, 15) is 4.21 Å². The molecule has 0 fully saturated rings. The Balaban J connectivity index is 3.78. The van der Waals surface area contributed by atoms with Gasteiger partial charge in [-0.25, -0.2) is 8.93 Å². The summed E-state index contributed by atoms with van der Waals surface area (Å²) in [6.45, 7) is 5.52. The molecule has 0 spiro atoms. The summed E-state index contributed by atoms with van der Waals surface area (Å²) in [5.41, 5.74) is 0.0158. The van der Waals surface area contributed by atoms with Gasteiger partial charge in [-0.1, -0.05) is 13.8 Å². The first-order valence-electron chi connectivity index (χ1n) is 3.82. The zero-order valence-corrected chi connectivity index (χ0v) is 8.94. The molecule has 1 unspecified atom stereocenters. The number of nitrogens with zero attached hydrogens (tertiary/aromatic N) is 1. The Morgan fingerprint density at radius 2 is 2.00 bits per heavy atom. The first-order valence-corrected chi connectivity index (χ1v) is 4.93. The molecule has 0 saturated carbocycles. The van der Waals surface area contributed by atoms with Crippen LogP contribution in [0.25, 0.3) is 0 Å². The van der Waals surface area contributed by atoms with Crippen molar-refractivity contribution in [2.75, 3.05) is 27.2 Å². The highest BCUT2D eigenvalue weighted by Crippen LogP contribution is 2.13. The second kappa shape index (κ2) is 4.91. The lowest BCUT2D eigenvalue weighted by atomic mass is 9.93. The van der Waals surface area contributed by atoms with Crippen LogP contribution in [0.1, 0.15) is 13.8 Å². The van der Waals surface area contributed by atoms with E-state index >= 15 is 0 Å². The molecule has 4 nitrogen and oxygen atoms in total. The van der Waals surface area contributed by atoms with Crippen LogP contribution in [0.5, 0.6) is 0 Å². The topological polar surface area (TPSA) is 52.6 Å². The molecule has 0 heterocycles. The fourth-order valence-electron chi connectivity index (χ4n) is 1.17. The third-order valence-electron chi connectivity index (χ3n) is 1.42. The summed E-state index contributed by atoms with van der Waals surface area (Å²) in [4.78, 5) is 2.06. The fraction of sp³-hybridized carbons (Fsp3) is 1.00. The molecule has 0 aromatic carbocycles. The van der Waals surface area contributed by atoms with Crippen molar-refractivity contribution in [2.45, 2.75) is 13.8 Å². The lowest BCUT2D eigenvalue weighted by molar-refractivity contribution is 0.242. The first kappa shape index (κ1) is 12.0. The van der Waals surface area contributed by atoms with E-state index in [0.29, 0.717) is 6.54 Å². The quantitative estimate of drug-likeness (QED) is 0.619. The van der Waals surface area contributed by atoms with E-state index < -0.39 is 11.3 Å². The maximum Gasteiger partial charge on any atom is 0.231 e. The van der Waals surface area contributed by atoms with Crippen LogP contribution >= 0.6 is 0 Å². The highest BCUT2D eigenvalue weighted by molar-refractivity contribution is 7.77. The molecule has 0 aromatic rings. The monoisotopic (exact) mass is 194 g/mol. The average Bonchev–Trinajstić information content (AvgIpc) is 1.81. The molecule has 0 amide bonds. The summed E-state index contributed by atoms with van der Waals surface area (Å²) in [5.74, 6) is 0. The molecule has 5 heteroatoms. The van der Waals surface area contributed by atoms with E-state index in [1.807, 2.05) is 27.9 Å². The van der Waals surface area contributed by atoms with E-state index in [-0.39, 0.29) is 5.41 Å². The van der Waals surface area contributed by atoms with Crippen molar-refractivity contribution in [3.8, 4) is 0 Å². The van der Waals surface area contributed by atoms with Crippen molar-refractivity contribution < 1.29 is 8.76 Å². The Morgan fingerprint density at radius 3 is 2.33 bits per heavy atom. The SMILES string of the molecule is CN(C)CC(C)(C)CNS(=O)O. The Labute approximate surface area is 76.8 Å². The number of hydrogen-bond donors (Lipinski definition) is 2. The normalized spacial score (nSPS) is 15.2. The maximum absolute atomic E-state index is 10.3. The molecule has 74 valence electrons. The predicted octanol–water partition coefficient (Wildman–Crippen LogP) is 0.300. The van der Waals surface area contributed by atoms with Crippen molar-refractivity contribution >= 4 is 11.3 Å². The minimum Gasteiger partial charge on any atom is -0.309 e. The number of nitrogens with one attached hydrogen (secondary N) is 1. The number of rotatable bonds is 5. The second-order valence-electron chi connectivity index (χ2n) is 3.97. The van der Waals surface area contributed by atoms with E-state index in [0.717, 1.165) is 6.54 Å². The maximum atomic E-state index is 10.3. The molecule has 1 atom stereocenters. The van der Waals surface area contributed by atoms with Gasteiger partial charge in [0, 0.05) is 13.1 Å². The number of hydrogen-bond acceptors (Lipinski definition) is 2. The highest BCUT2D eigenvalue weighted by atomic mass is 32.2. The smallest absolute Gasteiger partial charge is 0.231 e.